The van der Waals surface area contributed by atoms with Gasteiger partial charge in [-0.05, 0) is 36.8 Å². The Bertz CT molecular complexity index is 1070. The van der Waals surface area contributed by atoms with Crippen LogP contribution >= 0.6 is 15.9 Å². The number of aromatic nitrogens is 5. The number of fused-ring (bicyclic) bond motifs is 1. The maximum absolute atomic E-state index is 5.32. The third kappa shape index (κ3) is 2.99. The highest BCUT2D eigenvalue weighted by Crippen LogP contribution is 2.27. The van der Waals surface area contributed by atoms with Crippen LogP contribution in [0.2, 0.25) is 0 Å². The molecule has 132 valence electrons. The zero-order valence-corrected chi connectivity index (χ0v) is 16.1. The third-order valence-corrected chi connectivity index (χ3v) is 4.81. The Labute approximate surface area is 159 Å². The summed E-state index contributed by atoms with van der Waals surface area (Å²) < 4.78 is 10.5. The van der Waals surface area contributed by atoms with E-state index < -0.39 is 0 Å². The first-order valence-corrected chi connectivity index (χ1v) is 9.13. The Morgan fingerprint density at radius 1 is 1.12 bits per heavy atom. The highest BCUT2D eigenvalue weighted by atomic mass is 79.9. The maximum atomic E-state index is 5.32. The molecule has 3 aromatic heterocycles. The van der Waals surface area contributed by atoms with Crippen LogP contribution in [0.25, 0.3) is 22.4 Å². The second-order valence-corrected chi connectivity index (χ2v) is 6.87. The van der Waals surface area contributed by atoms with Gasteiger partial charge in [-0.3, -0.25) is 9.55 Å². The van der Waals surface area contributed by atoms with Gasteiger partial charge in [0.25, 0.3) is 0 Å². The molecule has 0 saturated carbocycles. The van der Waals surface area contributed by atoms with Gasteiger partial charge in [-0.2, -0.15) is 0 Å². The van der Waals surface area contributed by atoms with E-state index in [4.69, 9.17) is 9.72 Å². The van der Waals surface area contributed by atoms with Crippen LogP contribution in [0.1, 0.15) is 12.5 Å². The predicted molar refractivity (Wildman–Crippen MR) is 104 cm³/mol. The second-order valence-electron chi connectivity index (χ2n) is 5.96. The summed E-state index contributed by atoms with van der Waals surface area (Å²) >= 11 is 3.55. The quantitative estimate of drug-likeness (QED) is 0.495. The SMILES string of the molecule is CCn1c(-c2cncc(Cn3cncc3OC)c2)nc2ccc(Br)cc21. The number of benzene rings is 1. The highest BCUT2D eigenvalue weighted by Gasteiger charge is 2.13. The molecule has 4 rings (SSSR count). The van der Waals surface area contributed by atoms with Crippen molar-refractivity contribution in [3.8, 4) is 17.3 Å². The van der Waals surface area contributed by atoms with Crippen molar-refractivity contribution in [2.75, 3.05) is 7.11 Å². The Hall–Kier alpha value is -2.67. The first kappa shape index (κ1) is 16.8. The Kier molecular flexibility index (Phi) is 4.46. The van der Waals surface area contributed by atoms with Crippen molar-refractivity contribution in [1.82, 2.24) is 24.1 Å². The lowest BCUT2D eigenvalue weighted by atomic mass is 10.2. The summed E-state index contributed by atoms with van der Waals surface area (Å²) in [5, 5.41) is 0. The highest BCUT2D eigenvalue weighted by molar-refractivity contribution is 9.10. The van der Waals surface area contributed by atoms with Crippen LogP contribution in [0, 0.1) is 0 Å². The second kappa shape index (κ2) is 6.92. The molecule has 0 aliphatic rings. The smallest absolute Gasteiger partial charge is 0.213 e. The van der Waals surface area contributed by atoms with Crippen LogP contribution in [0.5, 0.6) is 5.88 Å². The van der Waals surface area contributed by atoms with Gasteiger partial charge in [0.15, 0.2) is 0 Å². The Morgan fingerprint density at radius 3 is 2.81 bits per heavy atom. The molecule has 0 radical (unpaired) electrons. The van der Waals surface area contributed by atoms with E-state index >= 15 is 0 Å². The van der Waals surface area contributed by atoms with E-state index in [1.807, 2.05) is 29.1 Å². The van der Waals surface area contributed by atoms with Gasteiger partial charge in [0.05, 0.1) is 37.2 Å². The van der Waals surface area contributed by atoms with Gasteiger partial charge in [-0.25, -0.2) is 9.97 Å². The molecule has 1 aromatic carbocycles. The van der Waals surface area contributed by atoms with Crippen molar-refractivity contribution in [2.45, 2.75) is 20.0 Å². The zero-order chi connectivity index (χ0) is 18.1. The Morgan fingerprint density at radius 2 is 2.00 bits per heavy atom. The van der Waals surface area contributed by atoms with Gasteiger partial charge in [0.2, 0.25) is 5.88 Å². The van der Waals surface area contributed by atoms with Crippen LogP contribution in [0.15, 0.2) is 53.7 Å². The fourth-order valence-electron chi connectivity index (χ4n) is 3.13. The van der Waals surface area contributed by atoms with Crippen molar-refractivity contribution in [3.05, 3.63) is 59.2 Å². The van der Waals surface area contributed by atoms with Crippen molar-refractivity contribution < 1.29 is 4.74 Å². The summed E-state index contributed by atoms with van der Waals surface area (Å²) in [6, 6.07) is 8.26. The first-order valence-electron chi connectivity index (χ1n) is 8.33. The molecule has 0 aliphatic carbocycles. The molecule has 0 unspecified atom stereocenters. The molecule has 0 aliphatic heterocycles. The van der Waals surface area contributed by atoms with Crippen LogP contribution in [0.4, 0.5) is 0 Å². The molecule has 0 atom stereocenters. The number of imidazole rings is 2. The lowest BCUT2D eigenvalue weighted by molar-refractivity contribution is 0.377. The molecule has 0 bridgehead atoms. The summed E-state index contributed by atoms with van der Waals surface area (Å²) in [6.07, 6.45) is 7.17. The molecular formula is C19H18BrN5O. The summed E-state index contributed by atoms with van der Waals surface area (Å²) in [5.41, 5.74) is 4.15. The summed E-state index contributed by atoms with van der Waals surface area (Å²) in [7, 11) is 1.64. The topological polar surface area (TPSA) is 57.8 Å². The van der Waals surface area contributed by atoms with Crippen molar-refractivity contribution in [1.29, 1.82) is 0 Å². The first-order chi connectivity index (χ1) is 12.7. The van der Waals surface area contributed by atoms with Gasteiger partial charge in [-0.1, -0.05) is 15.9 Å². The van der Waals surface area contributed by atoms with Crippen LogP contribution in [0.3, 0.4) is 0 Å². The number of methoxy groups -OCH3 is 1. The average Bonchev–Trinajstić information content (AvgIpc) is 3.25. The fourth-order valence-corrected chi connectivity index (χ4v) is 3.48. The largest absolute Gasteiger partial charge is 0.481 e. The van der Waals surface area contributed by atoms with E-state index in [0.717, 1.165) is 44.9 Å². The van der Waals surface area contributed by atoms with E-state index in [-0.39, 0.29) is 0 Å². The summed E-state index contributed by atoms with van der Waals surface area (Å²) in [6.45, 7) is 3.60. The van der Waals surface area contributed by atoms with Crippen molar-refractivity contribution in [2.24, 2.45) is 0 Å². The molecule has 4 aromatic rings. The molecule has 0 fully saturated rings. The van der Waals surface area contributed by atoms with E-state index in [1.165, 1.54) is 0 Å². The van der Waals surface area contributed by atoms with Gasteiger partial charge in [0, 0.05) is 29.0 Å². The van der Waals surface area contributed by atoms with E-state index in [1.54, 1.807) is 19.6 Å². The molecule has 7 heteroatoms. The molecule has 0 amide bonds. The zero-order valence-electron chi connectivity index (χ0n) is 14.6. The molecule has 0 N–H and O–H groups in total. The van der Waals surface area contributed by atoms with Crippen LogP contribution < -0.4 is 4.74 Å². The predicted octanol–water partition coefficient (Wildman–Crippen LogP) is 4.13. The molecule has 26 heavy (non-hydrogen) atoms. The third-order valence-electron chi connectivity index (χ3n) is 4.32. The number of hydrogen-bond donors (Lipinski definition) is 0. The number of hydrogen-bond acceptors (Lipinski definition) is 4. The number of aryl methyl sites for hydroxylation is 1. The minimum Gasteiger partial charge on any atom is -0.481 e. The monoisotopic (exact) mass is 411 g/mol. The van der Waals surface area contributed by atoms with Crippen molar-refractivity contribution >= 4 is 27.0 Å². The summed E-state index contributed by atoms with van der Waals surface area (Å²) in [5.74, 6) is 1.65. The van der Waals surface area contributed by atoms with Crippen LogP contribution in [-0.2, 0) is 13.1 Å². The van der Waals surface area contributed by atoms with E-state index in [9.17, 15) is 0 Å². The minimum absolute atomic E-state index is 0.641. The average molecular weight is 412 g/mol. The summed E-state index contributed by atoms with van der Waals surface area (Å²) in [4.78, 5) is 13.4. The normalized spacial score (nSPS) is 11.2. The van der Waals surface area contributed by atoms with E-state index in [0.29, 0.717) is 6.54 Å². The molecule has 3 heterocycles. The molecular weight excluding hydrogens is 394 g/mol. The lowest BCUT2D eigenvalue weighted by Gasteiger charge is -2.09. The lowest BCUT2D eigenvalue weighted by Crippen LogP contribution is -2.03. The number of halogens is 1. The minimum atomic E-state index is 0.641. The molecule has 0 spiro atoms. The van der Waals surface area contributed by atoms with Crippen LogP contribution in [-0.4, -0.2) is 31.2 Å². The van der Waals surface area contributed by atoms with Gasteiger partial charge >= 0.3 is 0 Å². The molecule has 0 saturated heterocycles. The Balaban J connectivity index is 1.76. The van der Waals surface area contributed by atoms with E-state index in [2.05, 4.69) is 49.5 Å². The van der Waals surface area contributed by atoms with Crippen molar-refractivity contribution in [3.63, 3.8) is 0 Å². The van der Waals surface area contributed by atoms with Gasteiger partial charge in [0.1, 0.15) is 5.82 Å². The number of nitrogens with zero attached hydrogens (tertiary/aromatic N) is 5. The fraction of sp³-hybridized carbons (Fsp3) is 0.211. The number of pyridine rings is 1. The molecule has 6 nitrogen and oxygen atoms in total. The standard InChI is InChI=1S/C19H18BrN5O/c1-3-25-17-7-15(20)4-5-16(17)23-19(25)14-6-13(8-21-9-14)11-24-12-22-10-18(24)26-2/h4-10,12H,3,11H2,1-2H3. The number of rotatable bonds is 5. The van der Waals surface area contributed by atoms with Gasteiger partial charge < -0.3 is 9.30 Å². The maximum Gasteiger partial charge on any atom is 0.213 e. The number of ether oxygens (including phenoxy) is 1. The van der Waals surface area contributed by atoms with Gasteiger partial charge in [-0.15, -0.1) is 0 Å².